The summed E-state index contributed by atoms with van der Waals surface area (Å²) in [7, 11) is -6.34. The SMILES string of the molecule is CC(C)Oc1ccc(S(=O)(=O)C(F)(F)C(F)(F)C(F)(F)F)cc1Br. The third kappa shape index (κ3) is 3.48. The molecular weight excluding hydrogens is 437 g/mol. The van der Waals surface area contributed by atoms with E-state index in [-0.39, 0.29) is 16.3 Å². The Labute approximate surface area is 140 Å². The van der Waals surface area contributed by atoms with Crippen LogP contribution in [0, 0.1) is 0 Å². The molecule has 0 saturated heterocycles. The maximum absolute atomic E-state index is 13.5. The predicted molar refractivity (Wildman–Crippen MR) is 73.0 cm³/mol. The highest BCUT2D eigenvalue weighted by Gasteiger charge is 2.78. The van der Waals surface area contributed by atoms with E-state index in [1.807, 2.05) is 0 Å². The lowest BCUT2D eigenvalue weighted by molar-refractivity contribution is -0.332. The first-order valence-corrected chi connectivity index (χ1v) is 8.36. The standard InChI is InChI=1S/C12H10BrF7O3S/c1-6(2)23-9-4-3-7(5-8(9)13)24(21,22)12(19,20)10(14,15)11(16,17)18/h3-6H,1-2H3. The van der Waals surface area contributed by atoms with Gasteiger partial charge >= 0.3 is 17.4 Å². The summed E-state index contributed by atoms with van der Waals surface area (Å²) in [5, 5.41) is -6.39. The van der Waals surface area contributed by atoms with Gasteiger partial charge in [-0.3, -0.25) is 0 Å². The molecule has 3 nitrogen and oxygen atoms in total. The van der Waals surface area contributed by atoms with E-state index < -0.39 is 32.1 Å². The van der Waals surface area contributed by atoms with Gasteiger partial charge in [0.05, 0.1) is 15.5 Å². The molecule has 0 aliphatic heterocycles. The largest absolute Gasteiger partial charge is 0.490 e. The van der Waals surface area contributed by atoms with Crippen LogP contribution in [0.5, 0.6) is 5.75 Å². The molecule has 0 aromatic heterocycles. The van der Waals surface area contributed by atoms with E-state index in [1.54, 1.807) is 13.8 Å². The first-order chi connectivity index (χ1) is 10.6. The molecule has 1 rings (SSSR count). The molecule has 0 aliphatic carbocycles. The van der Waals surface area contributed by atoms with Gasteiger partial charge in [0, 0.05) is 0 Å². The van der Waals surface area contributed by atoms with Crippen molar-refractivity contribution in [2.45, 2.75) is 42.2 Å². The summed E-state index contributed by atoms with van der Waals surface area (Å²) in [6.45, 7) is 3.18. The lowest BCUT2D eigenvalue weighted by Crippen LogP contribution is -2.55. The fraction of sp³-hybridized carbons (Fsp3) is 0.500. The summed E-state index contributed by atoms with van der Waals surface area (Å²) < 4.78 is 118. The average molecular weight is 447 g/mol. The third-order valence-electron chi connectivity index (χ3n) is 2.64. The van der Waals surface area contributed by atoms with E-state index in [9.17, 15) is 39.2 Å². The Bertz CT molecular complexity index is 714. The minimum atomic E-state index is -6.77. The monoisotopic (exact) mass is 446 g/mol. The van der Waals surface area contributed by atoms with Gasteiger partial charge in [-0.05, 0) is 48.0 Å². The Balaban J connectivity index is 3.42. The molecule has 24 heavy (non-hydrogen) atoms. The predicted octanol–water partition coefficient (Wildman–Crippen LogP) is 4.80. The van der Waals surface area contributed by atoms with Gasteiger partial charge in [0.15, 0.2) is 0 Å². The number of hydrogen-bond acceptors (Lipinski definition) is 3. The van der Waals surface area contributed by atoms with Crippen LogP contribution >= 0.6 is 15.9 Å². The van der Waals surface area contributed by atoms with Crippen molar-refractivity contribution in [3.05, 3.63) is 22.7 Å². The van der Waals surface area contributed by atoms with Gasteiger partial charge < -0.3 is 4.74 Å². The normalized spacial score (nSPS) is 14.1. The maximum atomic E-state index is 13.5. The van der Waals surface area contributed by atoms with Crippen molar-refractivity contribution in [2.75, 3.05) is 0 Å². The van der Waals surface area contributed by atoms with Crippen molar-refractivity contribution in [3.63, 3.8) is 0 Å². The molecule has 0 radical (unpaired) electrons. The van der Waals surface area contributed by atoms with Crippen LogP contribution in [-0.2, 0) is 9.84 Å². The molecule has 0 saturated carbocycles. The topological polar surface area (TPSA) is 43.4 Å². The molecule has 1 aromatic rings. The molecule has 12 heteroatoms. The van der Waals surface area contributed by atoms with Crippen molar-refractivity contribution >= 4 is 25.8 Å². The van der Waals surface area contributed by atoms with Crippen LogP contribution in [0.15, 0.2) is 27.6 Å². The molecular formula is C12H10BrF7O3S. The number of sulfone groups is 1. The van der Waals surface area contributed by atoms with Gasteiger partial charge in [-0.1, -0.05) is 0 Å². The van der Waals surface area contributed by atoms with Crippen molar-refractivity contribution in [3.8, 4) is 5.75 Å². The summed E-state index contributed by atoms with van der Waals surface area (Å²) >= 11 is 2.78. The molecule has 0 unspecified atom stereocenters. The van der Waals surface area contributed by atoms with E-state index in [0.717, 1.165) is 6.07 Å². The Kier molecular flexibility index (Phi) is 5.56. The number of hydrogen-bond donors (Lipinski definition) is 0. The quantitative estimate of drug-likeness (QED) is 0.610. The molecule has 0 N–H and O–H groups in total. The van der Waals surface area contributed by atoms with Crippen molar-refractivity contribution in [1.82, 2.24) is 0 Å². The molecule has 0 aliphatic rings. The molecule has 0 spiro atoms. The highest BCUT2D eigenvalue weighted by atomic mass is 79.9. The average Bonchev–Trinajstić information content (AvgIpc) is 2.38. The van der Waals surface area contributed by atoms with Gasteiger partial charge in [0.2, 0.25) is 9.84 Å². The van der Waals surface area contributed by atoms with Crippen molar-refractivity contribution in [2.24, 2.45) is 0 Å². The Morgan fingerprint density at radius 2 is 1.54 bits per heavy atom. The van der Waals surface area contributed by atoms with Crippen molar-refractivity contribution < 1.29 is 43.9 Å². The smallest absolute Gasteiger partial charge is 0.461 e. The number of halogens is 8. The number of ether oxygens (including phenoxy) is 1. The number of rotatable bonds is 5. The first-order valence-electron chi connectivity index (χ1n) is 6.09. The molecule has 0 atom stereocenters. The van der Waals surface area contributed by atoms with Gasteiger partial charge in [0.25, 0.3) is 0 Å². The zero-order chi connectivity index (χ0) is 19.1. The molecule has 0 fully saturated rings. The fourth-order valence-electron chi connectivity index (χ4n) is 1.48. The summed E-state index contributed by atoms with van der Waals surface area (Å²) in [5.74, 6) is -6.77. The summed E-state index contributed by atoms with van der Waals surface area (Å²) in [4.78, 5) is -1.42. The van der Waals surface area contributed by atoms with E-state index in [0.29, 0.717) is 12.1 Å². The third-order valence-corrected chi connectivity index (χ3v) is 5.06. The van der Waals surface area contributed by atoms with Crippen LogP contribution in [0.25, 0.3) is 0 Å². The molecule has 138 valence electrons. The van der Waals surface area contributed by atoms with Crippen molar-refractivity contribution in [1.29, 1.82) is 0 Å². The zero-order valence-corrected chi connectivity index (χ0v) is 14.4. The minimum absolute atomic E-state index is 0.00477. The van der Waals surface area contributed by atoms with Crippen LogP contribution in [0.1, 0.15) is 13.8 Å². The number of benzene rings is 1. The highest BCUT2D eigenvalue weighted by molar-refractivity contribution is 9.10. The van der Waals surface area contributed by atoms with Gasteiger partial charge in [-0.15, -0.1) is 0 Å². The maximum Gasteiger partial charge on any atom is 0.461 e. The van der Waals surface area contributed by atoms with E-state index in [4.69, 9.17) is 4.74 Å². The molecule has 1 aromatic carbocycles. The first kappa shape index (κ1) is 21.0. The van der Waals surface area contributed by atoms with E-state index >= 15 is 0 Å². The second-order valence-corrected chi connectivity index (χ2v) is 7.70. The lowest BCUT2D eigenvalue weighted by atomic mass is 10.3. The number of alkyl halides is 7. The van der Waals surface area contributed by atoms with Crippen LogP contribution < -0.4 is 4.74 Å². The van der Waals surface area contributed by atoms with Crippen LogP contribution in [0.2, 0.25) is 0 Å². The van der Waals surface area contributed by atoms with Gasteiger partial charge in [-0.2, -0.15) is 30.7 Å². The minimum Gasteiger partial charge on any atom is -0.490 e. The van der Waals surface area contributed by atoms with E-state index in [2.05, 4.69) is 15.9 Å². The van der Waals surface area contributed by atoms with Crippen LogP contribution in [-0.4, -0.2) is 31.9 Å². The Morgan fingerprint density at radius 3 is 1.92 bits per heavy atom. The summed E-state index contributed by atoms with van der Waals surface area (Å²) in [6, 6.07) is 1.78. The van der Waals surface area contributed by atoms with Crippen LogP contribution in [0.3, 0.4) is 0 Å². The second kappa shape index (κ2) is 6.36. The fourth-order valence-corrected chi connectivity index (χ4v) is 3.37. The second-order valence-electron chi connectivity index (χ2n) is 4.85. The molecule has 0 amide bonds. The molecule has 0 bridgehead atoms. The van der Waals surface area contributed by atoms with Gasteiger partial charge in [0.1, 0.15) is 5.75 Å². The van der Waals surface area contributed by atoms with Gasteiger partial charge in [-0.25, -0.2) is 8.42 Å². The van der Waals surface area contributed by atoms with E-state index in [1.165, 1.54) is 0 Å². The highest BCUT2D eigenvalue weighted by Crippen LogP contribution is 2.51. The molecule has 0 heterocycles. The lowest BCUT2D eigenvalue weighted by Gasteiger charge is -2.27. The Morgan fingerprint density at radius 1 is 1.04 bits per heavy atom. The zero-order valence-electron chi connectivity index (χ0n) is 12.0. The van der Waals surface area contributed by atoms with Crippen LogP contribution in [0.4, 0.5) is 30.7 Å². The summed E-state index contributed by atoms with van der Waals surface area (Å²) in [5.41, 5.74) is 0. The Hall–Kier alpha value is -1.04. The summed E-state index contributed by atoms with van der Waals surface area (Å²) in [6.07, 6.45) is -7.14.